The number of carbonyl (C=O) groups excluding carboxylic acids is 1. The third kappa shape index (κ3) is 4.05. The molecular formula is C24H27N5O3. The van der Waals surface area contributed by atoms with Crippen molar-refractivity contribution in [2.75, 3.05) is 62.3 Å². The van der Waals surface area contributed by atoms with E-state index in [1.54, 1.807) is 0 Å². The SMILES string of the molecule is O=C(Cn1nc(N2CCOCC2)c2ccccc2c1=O)N1CCN(c2ccccc2)CC1. The normalized spacial score (nSPS) is 17.1. The molecule has 32 heavy (non-hydrogen) atoms. The van der Waals surface area contributed by atoms with Crippen LogP contribution in [0.2, 0.25) is 0 Å². The Labute approximate surface area is 186 Å². The predicted octanol–water partition coefficient (Wildman–Crippen LogP) is 1.58. The highest BCUT2D eigenvalue weighted by molar-refractivity contribution is 5.91. The highest BCUT2D eigenvalue weighted by Gasteiger charge is 2.24. The molecule has 3 heterocycles. The molecule has 2 aliphatic heterocycles. The molecule has 8 heteroatoms. The van der Waals surface area contributed by atoms with Gasteiger partial charge in [-0.3, -0.25) is 9.59 Å². The molecule has 0 radical (unpaired) electrons. The Morgan fingerprint density at radius 3 is 2.19 bits per heavy atom. The fraction of sp³-hybridized carbons (Fsp3) is 0.375. The Kier molecular flexibility index (Phi) is 5.77. The van der Waals surface area contributed by atoms with Crippen molar-refractivity contribution in [1.82, 2.24) is 14.7 Å². The van der Waals surface area contributed by atoms with Crippen LogP contribution in [0.5, 0.6) is 0 Å². The van der Waals surface area contributed by atoms with Crippen LogP contribution >= 0.6 is 0 Å². The monoisotopic (exact) mass is 433 g/mol. The van der Waals surface area contributed by atoms with Crippen LogP contribution in [0.1, 0.15) is 0 Å². The second-order valence-electron chi connectivity index (χ2n) is 8.13. The van der Waals surface area contributed by atoms with Crippen molar-refractivity contribution in [3.63, 3.8) is 0 Å². The molecule has 3 aromatic rings. The maximum absolute atomic E-state index is 13.1. The lowest BCUT2D eigenvalue weighted by atomic mass is 10.1. The molecule has 1 aromatic heterocycles. The number of piperazine rings is 1. The number of hydrogen-bond donors (Lipinski definition) is 0. The van der Waals surface area contributed by atoms with E-state index in [1.165, 1.54) is 10.4 Å². The molecule has 0 atom stereocenters. The van der Waals surface area contributed by atoms with Gasteiger partial charge in [-0.25, -0.2) is 4.68 Å². The topological polar surface area (TPSA) is 70.9 Å². The average molecular weight is 434 g/mol. The zero-order chi connectivity index (χ0) is 21.9. The van der Waals surface area contributed by atoms with E-state index in [0.29, 0.717) is 44.8 Å². The Hall–Kier alpha value is -3.39. The van der Waals surface area contributed by atoms with Crippen LogP contribution in [0.15, 0.2) is 59.4 Å². The summed E-state index contributed by atoms with van der Waals surface area (Å²) in [7, 11) is 0. The van der Waals surface area contributed by atoms with Crippen molar-refractivity contribution in [2.45, 2.75) is 6.54 Å². The van der Waals surface area contributed by atoms with Crippen LogP contribution < -0.4 is 15.4 Å². The number of aromatic nitrogens is 2. The summed E-state index contributed by atoms with van der Waals surface area (Å²) in [6.45, 7) is 5.43. The molecule has 0 aliphatic carbocycles. The first-order valence-corrected chi connectivity index (χ1v) is 11.1. The van der Waals surface area contributed by atoms with Crippen LogP contribution in [-0.4, -0.2) is 73.1 Å². The van der Waals surface area contributed by atoms with Crippen LogP contribution in [0, 0.1) is 0 Å². The molecule has 0 saturated carbocycles. The summed E-state index contributed by atoms with van der Waals surface area (Å²) in [6.07, 6.45) is 0. The Morgan fingerprint density at radius 1 is 0.812 bits per heavy atom. The van der Waals surface area contributed by atoms with Crippen LogP contribution in [0.3, 0.4) is 0 Å². The summed E-state index contributed by atoms with van der Waals surface area (Å²) in [6, 6.07) is 17.7. The molecular weight excluding hydrogens is 406 g/mol. The van der Waals surface area contributed by atoms with E-state index < -0.39 is 0 Å². The maximum Gasteiger partial charge on any atom is 0.275 e. The summed E-state index contributed by atoms with van der Waals surface area (Å²) in [5, 5.41) is 6.05. The van der Waals surface area contributed by atoms with Crippen LogP contribution in [0.4, 0.5) is 11.5 Å². The molecule has 2 saturated heterocycles. The van der Waals surface area contributed by atoms with Crippen LogP contribution in [0.25, 0.3) is 10.8 Å². The number of hydrogen-bond acceptors (Lipinski definition) is 6. The van der Waals surface area contributed by atoms with E-state index in [4.69, 9.17) is 4.74 Å². The van der Waals surface area contributed by atoms with Gasteiger partial charge in [-0.15, -0.1) is 0 Å². The lowest BCUT2D eigenvalue weighted by Gasteiger charge is -2.36. The number of para-hydroxylation sites is 1. The molecule has 0 N–H and O–H groups in total. The summed E-state index contributed by atoms with van der Waals surface area (Å²) >= 11 is 0. The number of morpholine rings is 1. The average Bonchev–Trinajstić information content (AvgIpc) is 2.87. The van der Waals surface area contributed by atoms with E-state index in [2.05, 4.69) is 27.0 Å². The van der Waals surface area contributed by atoms with Gasteiger partial charge in [-0.2, -0.15) is 5.10 Å². The number of fused-ring (bicyclic) bond motifs is 1. The molecule has 0 spiro atoms. The summed E-state index contributed by atoms with van der Waals surface area (Å²) < 4.78 is 6.80. The van der Waals surface area contributed by atoms with E-state index in [0.717, 1.165) is 24.3 Å². The van der Waals surface area contributed by atoms with Crippen molar-refractivity contribution in [1.29, 1.82) is 0 Å². The second kappa shape index (κ2) is 9.00. The second-order valence-corrected chi connectivity index (χ2v) is 8.13. The maximum atomic E-state index is 13.1. The lowest BCUT2D eigenvalue weighted by molar-refractivity contribution is -0.132. The van der Waals surface area contributed by atoms with Gasteiger partial charge in [0.2, 0.25) is 5.91 Å². The number of anilines is 2. The largest absolute Gasteiger partial charge is 0.378 e. The standard InChI is InChI=1S/C24H27N5O3/c30-22(27-12-10-26(11-13-27)19-6-2-1-3-7-19)18-29-24(31)21-9-5-4-8-20(21)23(25-29)28-14-16-32-17-15-28/h1-9H,10-18H2. The van der Waals surface area contributed by atoms with Gasteiger partial charge in [-0.1, -0.05) is 36.4 Å². The minimum atomic E-state index is -0.228. The van der Waals surface area contributed by atoms with Gasteiger partial charge in [0.1, 0.15) is 6.54 Å². The van der Waals surface area contributed by atoms with E-state index in [9.17, 15) is 9.59 Å². The van der Waals surface area contributed by atoms with E-state index >= 15 is 0 Å². The Bertz CT molecular complexity index is 1150. The van der Waals surface area contributed by atoms with Gasteiger partial charge in [0.15, 0.2) is 5.82 Å². The fourth-order valence-electron chi connectivity index (χ4n) is 4.41. The zero-order valence-corrected chi connectivity index (χ0v) is 18.0. The van der Waals surface area contributed by atoms with Gasteiger partial charge in [0, 0.05) is 50.3 Å². The van der Waals surface area contributed by atoms with E-state index in [1.807, 2.05) is 47.4 Å². The zero-order valence-electron chi connectivity index (χ0n) is 18.0. The summed E-state index contributed by atoms with van der Waals surface area (Å²) in [5.74, 6) is 0.667. The molecule has 166 valence electrons. The molecule has 2 aromatic carbocycles. The first-order chi connectivity index (χ1) is 15.7. The molecule has 1 amide bonds. The predicted molar refractivity (Wildman–Crippen MR) is 124 cm³/mol. The third-order valence-electron chi connectivity index (χ3n) is 6.20. The minimum Gasteiger partial charge on any atom is -0.378 e. The molecule has 2 fully saturated rings. The quantitative estimate of drug-likeness (QED) is 0.622. The number of benzene rings is 2. The van der Waals surface area contributed by atoms with E-state index in [-0.39, 0.29) is 18.0 Å². The van der Waals surface area contributed by atoms with Crippen molar-refractivity contribution >= 4 is 28.2 Å². The summed E-state index contributed by atoms with van der Waals surface area (Å²) in [4.78, 5) is 32.4. The number of carbonyl (C=O) groups is 1. The number of amides is 1. The van der Waals surface area contributed by atoms with Crippen LogP contribution in [-0.2, 0) is 16.1 Å². The minimum absolute atomic E-state index is 0.0493. The number of ether oxygens (including phenoxy) is 1. The Morgan fingerprint density at radius 2 is 1.47 bits per heavy atom. The molecule has 5 rings (SSSR count). The van der Waals surface area contributed by atoms with Gasteiger partial charge >= 0.3 is 0 Å². The number of nitrogens with zero attached hydrogens (tertiary/aromatic N) is 5. The fourth-order valence-corrected chi connectivity index (χ4v) is 4.41. The number of rotatable bonds is 4. The smallest absolute Gasteiger partial charge is 0.275 e. The summed E-state index contributed by atoms with van der Waals surface area (Å²) in [5.41, 5.74) is 0.941. The lowest BCUT2D eigenvalue weighted by Crippen LogP contribution is -2.50. The van der Waals surface area contributed by atoms with Crippen molar-refractivity contribution in [3.05, 3.63) is 65.0 Å². The Balaban J connectivity index is 1.35. The highest BCUT2D eigenvalue weighted by Crippen LogP contribution is 2.23. The molecule has 2 aliphatic rings. The van der Waals surface area contributed by atoms with Gasteiger partial charge in [0.25, 0.3) is 5.56 Å². The van der Waals surface area contributed by atoms with Gasteiger partial charge in [0.05, 0.1) is 18.6 Å². The molecule has 0 unspecified atom stereocenters. The van der Waals surface area contributed by atoms with Gasteiger partial charge in [-0.05, 0) is 18.2 Å². The first-order valence-electron chi connectivity index (χ1n) is 11.1. The molecule has 0 bridgehead atoms. The van der Waals surface area contributed by atoms with Crippen molar-refractivity contribution in [2.24, 2.45) is 0 Å². The highest BCUT2D eigenvalue weighted by atomic mass is 16.5. The van der Waals surface area contributed by atoms with Gasteiger partial charge < -0.3 is 19.4 Å². The first kappa shape index (κ1) is 20.5. The van der Waals surface area contributed by atoms with Crippen molar-refractivity contribution < 1.29 is 9.53 Å². The third-order valence-corrected chi connectivity index (χ3v) is 6.20. The van der Waals surface area contributed by atoms with Crippen molar-refractivity contribution in [3.8, 4) is 0 Å². The molecule has 8 nitrogen and oxygen atoms in total.